The largest absolute Gasteiger partial charge is 0.336 e. The number of hydrogen-bond donors (Lipinski definition) is 0. The van der Waals surface area contributed by atoms with E-state index in [0.29, 0.717) is 6.71 Å². The summed E-state index contributed by atoms with van der Waals surface area (Å²) in [6.07, 6.45) is 17.3. The van der Waals surface area contributed by atoms with Gasteiger partial charge < -0.3 is 9.80 Å². The number of rotatable bonds is 3. The summed E-state index contributed by atoms with van der Waals surface area (Å²) >= 11 is 0. The number of benzene rings is 4. The molecule has 8 aliphatic carbocycles. The third-order valence-electron chi connectivity index (χ3n) is 16.7. The first-order chi connectivity index (χ1) is 24.4. The van der Waals surface area contributed by atoms with Crippen LogP contribution in [-0.4, -0.2) is 25.9 Å². The number of aryl methyl sites for hydroxylation is 1. The molecule has 15 rings (SSSR count). The molecular weight excluding hydrogens is 619 g/mol. The van der Waals surface area contributed by atoms with E-state index in [2.05, 4.69) is 102 Å². The van der Waals surface area contributed by atoms with Crippen LogP contribution in [0.15, 0.2) is 78.9 Å². The zero-order chi connectivity index (χ0) is 32.7. The molecule has 4 aromatic carbocycles. The van der Waals surface area contributed by atoms with Gasteiger partial charge in [-0.2, -0.15) is 0 Å². The third kappa shape index (κ3) is 3.32. The van der Waals surface area contributed by atoms with E-state index in [1.165, 1.54) is 82.6 Å². The molecule has 3 heterocycles. The molecule has 0 N–H and O–H groups in total. The molecule has 4 heteroatoms. The Morgan fingerprint density at radius 3 is 1.36 bits per heavy atom. The predicted octanol–water partition coefficient (Wildman–Crippen LogP) is 6.77. The Kier molecular flexibility index (Phi) is 5.23. The maximum Gasteiger partial charge on any atom is 0.251 e. The Bertz CT molecular complexity index is 1960. The second-order valence-corrected chi connectivity index (χ2v) is 23.5. The molecule has 250 valence electrons. The van der Waals surface area contributed by atoms with Crippen LogP contribution in [-0.2, 0) is 0 Å². The first-order valence-corrected chi connectivity index (χ1v) is 23.0. The topological polar surface area (TPSA) is 6.48 Å². The number of nitrogens with zero attached hydrogens (tertiary/aromatic N) is 2. The minimum atomic E-state index is -2.33. The lowest BCUT2D eigenvalue weighted by molar-refractivity contribution is 0.000355. The second kappa shape index (κ2) is 9.21. The van der Waals surface area contributed by atoms with Crippen LogP contribution in [0.4, 0.5) is 22.7 Å². The van der Waals surface area contributed by atoms with Gasteiger partial charge in [-0.05, 0) is 171 Å². The fourth-order valence-corrected chi connectivity index (χ4v) is 20.3. The van der Waals surface area contributed by atoms with Crippen molar-refractivity contribution < 1.29 is 0 Å². The fourth-order valence-electron chi connectivity index (χ4n) is 16.0. The van der Waals surface area contributed by atoms with E-state index >= 15 is 0 Å². The standard InChI is InChI=1S/C46H49BN2Si/c1-28-14-38-42-39(15-28)49(46-25-32-19-33(26-46)21-34(20-32)27-46)37-11-7-13-41-44(37)47(42)43-36(10-6-12-40(43)50(41,2)35-8-4-3-5-9-35)48(38)45-22-29-16-30(23-45)18-31(17-29)24-45/h3-15,29-34H,16-27H2,1-2H3. The highest BCUT2D eigenvalue weighted by Crippen LogP contribution is 2.63. The van der Waals surface area contributed by atoms with Crippen molar-refractivity contribution in [3.63, 3.8) is 0 Å². The maximum atomic E-state index is 3.08. The molecule has 50 heavy (non-hydrogen) atoms. The van der Waals surface area contributed by atoms with Crippen LogP contribution in [0.25, 0.3) is 0 Å². The highest BCUT2D eigenvalue weighted by Gasteiger charge is 2.62. The highest BCUT2D eigenvalue weighted by molar-refractivity contribution is 7.21. The first kappa shape index (κ1) is 28.4. The van der Waals surface area contributed by atoms with Gasteiger partial charge in [-0.25, -0.2) is 0 Å². The molecule has 0 saturated heterocycles. The second-order valence-electron chi connectivity index (χ2n) is 19.6. The molecule has 8 saturated carbocycles. The van der Waals surface area contributed by atoms with E-state index < -0.39 is 8.07 Å². The lowest BCUT2D eigenvalue weighted by Crippen LogP contribution is -2.84. The van der Waals surface area contributed by atoms with Crippen molar-refractivity contribution in [2.24, 2.45) is 35.5 Å². The van der Waals surface area contributed by atoms with Crippen molar-refractivity contribution in [1.82, 2.24) is 0 Å². The molecule has 2 nitrogen and oxygen atoms in total. The molecule has 0 atom stereocenters. The van der Waals surface area contributed by atoms with E-state index in [0.717, 1.165) is 35.5 Å². The molecule has 8 fully saturated rings. The molecule has 11 aliphatic rings. The molecule has 8 bridgehead atoms. The average Bonchev–Trinajstić information content (AvgIpc) is 3.09. The summed E-state index contributed by atoms with van der Waals surface area (Å²) in [7, 11) is -2.33. The summed E-state index contributed by atoms with van der Waals surface area (Å²) in [6, 6.07) is 32.4. The van der Waals surface area contributed by atoms with Crippen LogP contribution in [0.2, 0.25) is 6.55 Å². The van der Waals surface area contributed by atoms with E-state index in [1.807, 2.05) is 0 Å². The minimum Gasteiger partial charge on any atom is -0.336 e. The fraction of sp³-hybridized carbons (Fsp3) is 0.478. The molecule has 0 spiro atoms. The van der Waals surface area contributed by atoms with Gasteiger partial charge in [0.05, 0.1) is 0 Å². The van der Waals surface area contributed by atoms with Gasteiger partial charge in [0.25, 0.3) is 6.71 Å². The van der Waals surface area contributed by atoms with Crippen molar-refractivity contribution in [1.29, 1.82) is 0 Å². The van der Waals surface area contributed by atoms with Gasteiger partial charge in [-0.3, -0.25) is 0 Å². The minimum absolute atomic E-state index is 0.254. The van der Waals surface area contributed by atoms with Crippen LogP contribution in [0, 0.1) is 42.4 Å². The van der Waals surface area contributed by atoms with Crippen molar-refractivity contribution >= 4 is 69.5 Å². The summed E-state index contributed by atoms with van der Waals surface area (Å²) < 4.78 is 0. The summed E-state index contributed by atoms with van der Waals surface area (Å²) in [5.41, 5.74) is 13.4. The molecular formula is C46H49BN2Si. The summed E-state index contributed by atoms with van der Waals surface area (Å²) in [4.78, 5) is 6.16. The van der Waals surface area contributed by atoms with Crippen molar-refractivity contribution in [2.45, 2.75) is 102 Å². The average molecular weight is 669 g/mol. The smallest absolute Gasteiger partial charge is 0.251 e. The van der Waals surface area contributed by atoms with Crippen LogP contribution in [0.3, 0.4) is 0 Å². The normalized spacial score (nSPS) is 38.6. The molecule has 0 aromatic heterocycles. The van der Waals surface area contributed by atoms with Gasteiger partial charge in [-0.1, -0.05) is 71.5 Å². The Morgan fingerprint density at radius 1 is 0.520 bits per heavy atom. The van der Waals surface area contributed by atoms with Gasteiger partial charge in [0.15, 0.2) is 0 Å². The molecule has 0 amide bonds. The lowest BCUT2D eigenvalue weighted by Gasteiger charge is -2.65. The Morgan fingerprint density at radius 2 is 0.940 bits per heavy atom. The van der Waals surface area contributed by atoms with Crippen molar-refractivity contribution in [3.8, 4) is 0 Å². The Hall–Kier alpha value is -3.24. The van der Waals surface area contributed by atoms with Gasteiger partial charge in [0.1, 0.15) is 8.07 Å². The van der Waals surface area contributed by atoms with E-state index in [4.69, 9.17) is 0 Å². The van der Waals surface area contributed by atoms with E-state index in [1.54, 1.807) is 54.7 Å². The number of hydrogen-bond acceptors (Lipinski definition) is 2. The maximum absolute atomic E-state index is 3.08. The van der Waals surface area contributed by atoms with Gasteiger partial charge in [-0.15, -0.1) is 0 Å². The quantitative estimate of drug-likeness (QED) is 0.223. The molecule has 3 aliphatic heterocycles. The number of anilines is 4. The SMILES string of the molecule is Cc1cc2c3c(c1)N(C14CC5CC(CC(C5)C1)C4)c1cccc4c1B3c1c(cccc1[Si]4(C)c1ccccc1)N2C12CC3CC(CC(C3)C1)C2. The zero-order valence-electron chi connectivity index (χ0n) is 29.9. The van der Waals surface area contributed by atoms with E-state index in [-0.39, 0.29) is 11.1 Å². The predicted molar refractivity (Wildman–Crippen MR) is 212 cm³/mol. The van der Waals surface area contributed by atoms with E-state index in [9.17, 15) is 0 Å². The van der Waals surface area contributed by atoms with Crippen molar-refractivity contribution in [2.75, 3.05) is 9.80 Å². The molecule has 4 aromatic rings. The van der Waals surface area contributed by atoms with Crippen LogP contribution < -0.4 is 41.7 Å². The third-order valence-corrected chi connectivity index (χ3v) is 21.2. The van der Waals surface area contributed by atoms with Gasteiger partial charge in [0, 0.05) is 33.8 Å². The lowest BCUT2D eigenvalue weighted by atomic mass is 9.32. The highest BCUT2D eigenvalue weighted by atomic mass is 28.3. The molecule has 0 radical (unpaired) electrons. The van der Waals surface area contributed by atoms with Gasteiger partial charge in [0.2, 0.25) is 0 Å². The van der Waals surface area contributed by atoms with Crippen LogP contribution >= 0.6 is 0 Å². The Labute approximate surface area is 299 Å². The summed E-state index contributed by atoms with van der Waals surface area (Å²) in [5.74, 6) is 5.49. The van der Waals surface area contributed by atoms with Crippen LogP contribution in [0.1, 0.15) is 82.6 Å². The monoisotopic (exact) mass is 668 g/mol. The summed E-state index contributed by atoms with van der Waals surface area (Å²) in [6.45, 7) is 5.47. The zero-order valence-corrected chi connectivity index (χ0v) is 30.9. The Balaban J connectivity index is 1.15. The molecule has 0 unspecified atom stereocenters. The first-order valence-electron chi connectivity index (χ1n) is 20.5. The van der Waals surface area contributed by atoms with Crippen LogP contribution in [0.5, 0.6) is 0 Å². The van der Waals surface area contributed by atoms with Gasteiger partial charge >= 0.3 is 0 Å². The summed E-state index contributed by atoms with van der Waals surface area (Å²) in [5, 5.41) is 4.94. The van der Waals surface area contributed by atoms with Crippen molar-refractivity contribution in [3.05, 3.63) is 84.4 Å².